The molecular weight excluding hydrogens is 236 g/mol. The van der Waals surface area contributed by atoms with Gasteiger partial charge in [-0.3, -0.25) is 9.89 Å². The number of amides is 1. The SMILES string of the molecule is COc1n[nH]c(N2CCOCC2)c1CNC(C)=O. The van der Waals surface area contributed by atoms with Crippen molar-refractivity contribution in [1.82, 2.24) is 15.5 Å². The van der Waals surface area contributed by atoms with E-state index in [4.69, 9.17) is 9.47 Å². The van der Waals surface area contributed by atoms with Crippen LogP contribution in [0.3, 0.4) is 0 Å². The molecule has 0 spiro atoms. The number of morpholine rings is 1. The third kappa shape index (κ3) is 2.73. The van der Waals surface area contributed by atoms with Gasteiger partial charge < -0.3 is 19.7 Å². The summed E-state index contributed by atoms with van der Waals surface area (Å²) < 4.78 is 10.5. The van der Waals surface area contributed by atoms with Gasteiger partial charge in [-0.25, -0.2) is 0 Å². The van der Waals surface area contributed by atoms with Crippen molar-refractivity contribution in [2.45, 2.75) is 13.5 Å². The Hall–Kier alpha value is -1.76. The number of aromatic amines is 1. The molecule has 1 aliphatic rings. The number of H-pyrrole nitrogens is 1. The van der Waals surface area contributed by atoms with E-state index in [2.05, 4.69) is 20.4 Å². The minimum Gasteiger partial charge on any atom is -0.480 e. The van der Waals surface area contributed by atoms with Crippen molar-refractivity contribution in [1.29, 1.82) is 0 Å². The summed E-state index contributed by atoms with van der Waals surface area (Å²) in [6.45, 7) is 4.89. The lowest BCUT2D eigenvalue weighted by molar-refractivity contribution is -0.119. The topological polar surface area (TPSA) is 79.5 Å². The molecule has 100 valence electrons. The highest BCUT2D eigenvalue weighted by atomic mass is 16.5. The normalized spacial score (nSPS) is 15.6. The minimum absolute atomic E-state index is 0.0776. The molecule has 1 saturated heterocycles. The summed E-state index contributed by atoms with van der Waals surface area (Å²) in [7, 11) is 1.57. The van der Waals surface area contributed by atoms with Crippen LogP contribution in [0.5, 0.6) is 5.88 Å². The summed E-state index contributed by atoms with van der Waals surface area (Å²) in [6, 6.07) is 0. The Balaban J connectivity index is 2.17. The fraction of sp³-hybridized carbons (Fsp3) is 0.636. The summed E-state index contributed by atoms with van der Waals surface area (Å²) >= 11 is 0. The van der Waals surface area contributed by atoms with Crippen molar-refractivity contribution >= 4 is 11.7 Å². The highest BCUT2D eigenvalue weighted by Gasteiger charge is 2.21. The van der Waals surface area contributed by atoms with Crippen molar-refractivity contribution in [3.63, 3.8) is 0 Å². The molecule has 1 aromatic heterocycles. The molecule has 1 fully saturated rings. The lowest BCUT2D eigenvalue weighted by atomic mass is 10.2. The van der Waals surface area contributed by atoms with Gasteiger partial charge in [-0.1, -0.05) is 0 Å². The average Bonchev–Trinajstić information content (AvgIpc) is 2.80. The molecule has 2 heterocycles. The summed E-state index contributed by atoms with van der Waals surface area (Å²) in [6.07, 6.45) is 0. The van der Waals surface area contributed by atoms with Crippen LogP contribution in [0.4, 0.5) is 5.82 Å². The molecule has 2 N–H and O–H groups in total. The molecule has 0 aromatic carbocycles. The zero-order valence-corrected chi connectivity index (χ0v) is 10.7. The van der Waals surface area contributed by atoms with E-state index in [1.807, 2.05) is 0 Å². The number of methoxy groups -OCH3 is 1. The lowest BCUT2D eigenvalue weighted by Gasteiger charge is -2.28. The highest BCUT2D eigenvalue weighted by Crippen LogP contribution is 2.26. The maximum absolute atomic E-state index is 11.0. The van der Waals surface area contributed by atoms with Crippen LogP contribution in [0.2, 0.25) is 0 Å². The van der Waals surface area contributed by atoms with Crippen LogP contribution in [-0.4, -0.2) is 49.5 Å². The highest BCUT2D eigenvalue weighted by molar-refractivity contribution is 5.73. The Labute approximate surface area is 105 Å². The molecular formula is C11H18N4O3. The molecule has 1 aromatic rings. The van der Waals surface area contributed by atoms with E-state index in [1.54, 1.807) is 7.11 Å². The number of rotatable bonds is 4. The summed E-state index contributed by atoms with van der Waals surface area (Å²) in [5.41, 5.74) is 0.870. The zero-order chi connectivity index (χ0) is 13.0. The summed E-state index contributed by atoms with van der Waals surface area (Å²) in [5, 5.41) is 9.83. The summed E-state index contributed by atoms with van der Waals surface area (Å²) in [5.74, 6) is 1.33. The zero-order valence-electron chi connectivity index (χ0n) is 10.7. The van der Waals surface area contributed by atoms with E-state index in [9.17, 15) is 4.79 Å². The van der Waals surface area contributed by atoms with Gasteiger partial charge in [0.05, 0.1) is 32.4 Å². The van der Waals surface area contributed by atoms with Gasteiger partial charge in [0.1, 0.15) is 5.82 Å². The first-order valence-corrected chi connectivity index (χ1v) is 5.90. The van der Waals surface area contributed by atoms with E-state index < -0.39 is 0 Å². The Kier molecular flexibility index (Phi) is 4.03. The van der Waals surface area contributed by atoms with Crippen molar-refractivity contribution in [3.05, 3.63) is 5.56 Å². The van der Waals surface area contributed by atoms with Crippen LogP contribution in [0, 0.1) is 0 Å². The Bertz CT molecular complexity index is 412. The molecule has 0 saturated carbocycles. The average molecular weight is 254 g/mol. The van der Waals surface area contributed by atoms with Crippen molar-refractivity contribution in [2.75, 3.05) is 38.3 Å². The largest absolute Gasteiger partial charge is 0.480 e. The number of ether oxygens (including phenoxy) is 2. The second-order valence-electron chi connectivity index (χ2n) is 4.07. The number of anilines is 1. The van der Waals surface area contributed by atoms with E-state index in [0.717, 1.165) is 24.5 Å². The quantitative estimate of drug-likeness (QED) is 0.784. The van der Waals surface area contributed by atoms with Gasteiger partial charge in [0.25, 0.3) is 0 Å². The predicted molar refractivity (Wildman–Crippen MR) is 65.7 cm³/mol. The second-order valence-corrected chi connectivity index (χ2v) is 4.07. The first-order valence-electron chi connectivity index (χ1n) is 5.90. The molecule has 18 heavy (non-hydrogen) atoms. The van der Waals surface area contributed by atoms with Crippen LogP contribution in [0.1, 0.15) is 12.5 Å². The first kappa shape index (κ1) is 12.7. The maximum Gasteiger partial charge on any atom is 0.239 e. The molecule has 0 radical (unpaired) electrons. The van der Waals surface area contributed by atoms with Gasteiger partial charge in [0.2, 0.25) is 11.8 Å². The van der Waals surface area contributed by atoms with Crippen molar-refractivity contribution in [2.24, 2.45) is 0 Å². The van der Waals surface area contributed by atoms with Gasteiger partial charge in [0.15, 0.2) is 0 Å². The first-order chi connectivity index (χ1) is 8.72. The van der Waals surface area contributed by atoms with Crippen LogP contribution in [0.15, 0.2) is 0 Å². The number of nitrogens with one attached hydrogen (secondary N) is 2. The van der Waals surface area contributed by atoms with Gasteiger partial charge in [-0.15, -0.1) is 5.10 Å². The minimum atomic E-state index is -0.0776. The molecule has 0 unspecified atom stereocenters. The van der Waals surface area contributed by atoms with Gasteiger partial charge >= 0.3 is 0 Å². The number of hydrogen-bond acceptors (Lipinski definition) is 5. The standard InChI is InChI=1S/C11H18N4O3/c1-8(16)12-7-9-10(13-14-11(9)17-2)15-3-5-18-6-4-15/h3-7H2,1-2H3,(H,12,16)(H,13,14). The molecule has 0 bridgehead atoms. The molecule has 1 aliphatic heterocycles. The van der Waals surface area contributed by atoms with E-state index in [1.165, 1.54) is 6.92 Å². The Morgan fingerprint density at radius 3 is 2.89 bits per heavy atom. The van der Waals surface area contributed by atoms with E-state index in [-0.39, 0.29) is 5.91 Å². The third-order valence-corrected chi connectivity index (χ3v) is 2.84. The van der Waals surface area contributed by atoms with Crippen LogP contribution in [-0.2, 0) is 16.1 Å². The fourth-order valence-electron chi connectivity index (χ4n) is 1.93. The Morgan fingerprint density at radius 1 is 1.56 bits per heavy atom. The number of carbonyl (C=O) groups is 1. The maximum atomic E-state index is 11.0. The van der Waals surface area contributed by atoms with E-state index >= 15 is 0 Å². The lowest BCUT2D eigenvalue weighted by Crippen LogP contribution is -2.37. The second kappa shape index (κ2) is 5.72. The number of carbonyl (C=O) groups excluding carboxylic acids is 1. The molecule has 0 aliphatic carbocycles. The van der Waals surface area contributed by atoms with Gasteiger partial charge in [0, 0.05) is 20.0 Å². The monoisotopic (exact) mass is 254 g/mol. The number of hydrogen-bond donors (Lipinski definition) is 2. The van der Waals surface area contributed by atoms with Crippen LogP contribution >= 0.6 is 0 Å². The van der Waals surface area contributed by atoms with Crippen molar-refractivity contribution < 1.29 is 14.3 Å². The fourth-order valence-corrected chi connectivity index (χ4v) is 1.93. The predicted octanol–water partition coefficient (Wildman–Crippen LogP) is -0.109. The molecule has 7 heteroatoms. The third-order valence-electron chi connectivity index (χ3n) is 2.84. The summed E-state index contributed by atoms with van der Waals surface area (Å²) in [4.78, 5) is 13.2. The number of nitrogens with zero attached hydrogens (tertiary/aromatic N) is 2. The van der Waals surface area contributed by atoms with E-state index in [0.29, 0.717) is 25.6 Å². The molecule has 2 rings (SSSR count). The van der Waals surface area contributed by atoms with Crippen LogP contribution < -0.4 is 15.0 Å². The smallest absolute Gasteiger partial charge is 0.239 e. The Morgan fingerprint density at radius 2 is 2.28 bits per heavy atom. The molecule has 1 amide bonds. The van der Waals surface area contributed by atoms with Gasteiger partial charge in [-0.2, -0.15) is 0 Å². The van der Waals surface area contributed by atoms with Crippen LogP contribution in [0.25, 0.3) is 0 Å². The van der Waals surface area contributed by atoms with Gasteiger partial charge in [-0.05, 0) is 0 Å². The van der Waals surface area contributed by atoms with Crippen molar-refractivity contribution in [3.8, 4) is 5.88 Å². The number of aromatic nitrogens is 2. The molecule has 0 atom stereocenters. The molecule has 7 nitrogen and oxygen atoms in total.